The molecule has 0 aliphatic carbocycles. The fourth-order valence-corrected chi connectivity index (χ4v) is 4.31. The molecular formula is C21H20N4O3S2. The van der Waals surface area contributed by atoms with Crippen molar-refractivity contribution in [1.82, 2.24) is 14.8 Å². The monoisotopic (exact) mass is 440 g/mol. The van der Waals surface area contributed by atoms with Crippen LogP contribution >= 0.6 is 23.1 Å². The number of furan rings is 1. The van der Waals surface area contributed by atoms with Crippen molar-refractivity contribution in [2.45, 2.75) is 18.6 Å². The third-order valence-corrected chi connectivity index (χ3v) is 5.98. The summed E-state index contributed by atoms with van der Waals surface area (Å²) in [7, 11) is 0. The maximum atomic E-state index is 12.5. The van der Waals surface area contributed by atoms with Crippen molar-refractivity contribution in [3.8, 4) is 16.5 Å². The molecule has 0 aliphatic rings. The summed E-state index contributed by atoms with van der Waals surface area (Å²) >= 11 is 2.93. The van der Waals surface area contributed by atoms with E-state index in [1.165, 1.54) is 11.8 Å². The molecule has 0 unspecified atom stereocenters. The van der Waals surface area contributed by atoms with Gasteiger partial charge in [0.05, 0.1) is 35.7 Å². The number of carbonyl (C=O) groups is 1. The van der Waals surface area contributed by atoms with E-state index in [1.54, 1.807) is 17.6 Å². The highest BCUT2D eigenvalue weighted by atomic mass is 32.2. The van der Waals surface area contributed by atoms with Gasteiger partial charge < -0.3 is 14.5 Å². The summed E-state index contributed by atoms with van der Waals surface area (Å²) in [5, 5.41) is 14.2. The van der Waals surface area contributed by atoms with Crippen LogP contribution in [0.5, 0.6) is 5.75 Å². The lowest BCUT2D eigenvalue weighted by Crippen LogP contribution is -2.15. The Kier molecular flexibility index (Phi) is 6.50. The minimum atomic E-state index is -0.141. The fourth-order valence-electron chi connectivity index (χ4n) is 2.85. The summed E-state index contributed by atoms with van der Waals surface area (Å²) in [5.74, 6) is 2.26. The number of amides is 1. The number of hydrogen-bond donors (Lipinski definition) is 1. The number of nitrogens with one attached hydrogen (secondary N) is 1. The fraction of sp³-hybridized carbons (Fsp3) is 0.190. The van der Waals surface area contributed by atoms with Gasteiger partial charge in [-0.15, -0.1) is 21.5 Å². The molecule has 1 aromatic carbocycles. The molecule has 30 heavy (non-hydrogen) atoms. The lowest BCUT2D eigenvalue weighted by molar-refractivity contribution is -0.113. The predicted octanol–water partition coefficient (Wildman–Crippen LogP) is 4.78. The highest BCUT2D eigenvalue weighted by molar-refractivity contribution is 7.99. The molecule has 0 fully saturated rings. The molecule has 0 atom stereocenters. The minimum absolute atomic E-state index is 0.141. The normalized spacial score (nSPS) is 10.8. The van der Waals surface area contributed by atoms with E-state index in [1.807, 2.05) is 65.4 Å². The maximum absolute atomic E-state index is 12.5. The highest BCUT2D eigenvalue weighted by Gasteiger charge is 2.18. The van der Waals surface area contributed by atoms with Crippen molar-refractivity contribution < 1.29 is 13.9 Å². The van der Waals surface area contributed by atoms with E-state index >= 15 is 0 Å². The first kappa shape index (κ1) is 20.2. The van der Waals surface area contributed by atoms with E-state index in [-0.39, 0.29) is 11.7 Å². The number of thioether (sulfide) groups is 1. The first-order valence-corrected chi connectivity index (χ1v) is 11.2. The van der Waals surface area contributed by atoms with E-state index in [0.717, 1.165) is 16.5 Å². The molecule has 0 radical (unpaired) electrons. The Labute approximate surface area is 182 Å². The molecule has 0 bridgehead atoms. The molecule has 1 N–H and O–H groups in total. The quantitative estimate of drug-likeness (QED) is 0.377. The van der Waals surface area contributed by atoms with Crippen molar-refractivity contribution >= 4 is 34.7 Å². The Morgan fingerprint density at radius 1 is 1.20 bits per heavy atom. The van der Waals surface area contributed by atoms with Crippen LogP contribution in [0.25, 0.3) is 10.7 Å². The number of anilines is 1. The summed E-state index contributed by atoms with van der Waals surface area (Å²) in [6.45, 7) is 2.93. The van der Waals surface area contributed by atoms with E-state index in [0.29, 0.717) is 29.7 Å². The largest absolute Gasteiger partial charge is 0.492 e. The molecule has 4 rings (SSSR count). The van der Waals surface area contributed by atoms with Gasteiger partial charge in [0.2, 0.25) is 5.91 Å². The lowest BCUT2D eigenvalue weighted by Gasteiger charge is -2.11. The second-order valence-corrected chi connectivity index (χ2v) is 8.11. The molecule has 0 saturated heterocycles. The molecule has 0 spiro atoms. The van der Waals surface area contributed by atoms with Gasteiger partial charge in [-0.05, 0) is 42.6 Å². The number of thiophene rings is 1. The van der Waals surface area contributed by atoms with Crippen LogP contribution in [-0.4, -0.2) is 33.0 Å². The second kappa shape index (κ2) is 9.64. The number of ether oxygens (including phenoxy) is 1. The van der Waals surface area contributed by atoms with E-state index in [4.69, 9.17) is 9.15 Å². The second-order valence-electron chi connectivity index (χ2n) is 6.22. The van der Waals surface area contributed by atoms with Crippen molar-refractivity contribution in [1.29, 1.82) is 0 Å². The van der Waals surface area contributed by atoms with Crippen LogP contribution in [0.4, 0.5) is 5.69 Å². The third-order valence-electron chi connectivity index (χ3n) is 4.15. The molecule has 3 heterocycles. The molecule has 7 nitrogen and oxygen atoms in total. The lowest BCUT2D eigenvalue weighted by atomic mass is 10.3. The van der Waals surface area contributed by atoms with E-state index < -0.39 is 0 Å². The number of nitrogens with zero attached hydrogens (tertiary/aromatic N) is 3. The first-order chi connectivity index (χ1) is 14.7. The smallest absolute Gasteiger partial charge is 0.234 e. The molecule has 9 heteroatoms. The van der Waals surface area contributed by atoms with E-state index in [9.17, 15) is 4.79 Å². The minimum Gasteiger partial charge on any atom is -0.492 e. The molecule has 154 valence electrons. The van der Waals surface area contributed by atoms with Gasteiger partial charge in [0.25, 0.3) is 0 Å². The van der Waals surface area contributed by atoms with Gasteiger partial charge in [-0.3, -0.25) is 9.36 Å². The number of para-hydroxylation sites is 2. The molecule has 1 amide bonds. The zero-order chi connectivity index (χ0) is 20.8. The van der Waals surface area contributed by atoms with Crippen molar-refractivity contribution in [3.63, 3.8) is 0 Å². The van der Waals surface area contributed by atoms with Gasteiger partial charge in [0.15, 0.2) is 11.0 Å². The topological polar surface area (TPSA) is 82.2 Å². The Balaban J connectivity index is 1.48. The average Bonchev–Trinajstić information content (AvgIpc) is 3.51. The standard InChI is InChI=1S/C21H20N4O3S2/c1-2-27-17-9-4-3-8-16(17)22-19(26)14-30-21-24-23-20(18-10-6-12-29-18)25(21)13-15-7-5-11-28-15/h3-12H,2,13-14H2,1H3,(H,22,26). The highest BCUT2D eigenvalue weighted by Crippen LogP contribution is 2.29. The van der Waals surface area contributed by atoms with Crippen molar-refractivity contribution in [2.24, 2.45) is 0 Å². The van der Waals surface area contributed by atoms with Crippen LogP contribution in [-0.2, 0) is 11.3 Å². The predicted molar refractivity (Wildman–Crippen MR) is 118 cm³/mol. The Morgan fingerprint density at radius 2 is 2.10 bits per heavy atom. The molecule has 0 aliphatic heterocycles. The molecule has 0 saturated carbocycles. The first-order valence-electron chi connectivity index (χ1n) is 9.38. The zero-order valence-electron chi connectivity index (χ0n) is 16.3. The summed E-state index contributed by atoms with van der Waals surface area (Å²) in [6, 6.07) is 15.1. The van der Waals surface area contributed by atoms with Gasteiger partial charge in [0, 0.05) is 0 Å². The molecular weight excluding hydrogens is 420 g/mol. The van der Waals surface area contributed by atoms with Gasteiger partial charge in [-0.2, -0.15) is 0 Å². The van der Waals surface area contributed by atoms with Crippen molar-refractivity contribution in [2.75, 3.05) is 17.7 Å². The number of aromatic nitrogens is 3. The van der Waals surface area contributed by atoms with Gasteiger partial charge in [-0.1, -0.05) is 30.0 Å². The van der Waals surface area contributed by atoms with Crippen LogP contribution in [0.15, 0.2) is 69.7 Å². The summed E-state index contributed by atoms with van der Waals surface area (Å²) in [4.78, 5) is 13.6. The van der Waals surface area contributed by atoms with Crippen LogP contribution in [0, 0.1) is 0 Å². The average molecular weight is 441 g/mol. The maximum Gasteiger partial charge on any atom is 0.234 e. The Bertz CT molecular complexity index is 1090. The van der Waals surface area contributed by atoms with Crippen LogP contribution in [0.3, 0.4) is 0 Å². The summed E-state index contributed by atoms with van der Waals surface area (Å²) in [6.07, 6.45) is 1.64. The SMILES string of the molecule is CCOc1ccccc1NC(=O)CSc1nnc(-c2cccs2)n1Cc1ccco1. The number of hydrogen-bond acceptors (Lipinski definition) is 7. The Hall–Kier alpha value is -3.04. The van der Waals surface area contributed by atoms with Gasteiger partial charge in [-0.25, -0.2) is 0 Å². The van der Waals surface area contributed by atoms with Gasteiger partial charge >= 0.3 is 0 Å². The number of carbonyl (C=O) groups excluding carboxylic acids is 1. The van der Waals surface area contributed by atoms with Crippen LogP contribution < -0.4 is 10.1 Å². The van der Waals surface area contributed by atoms with Crippen LogP contribution in [0.2, 0.25) is 0 Å². The number of benzene rings is 1. The molecule has 3 aromatic heterocycles. The number of rotatable bonds is 9. The van der Waals surface area contributed by atoms with Crippen LogP contribution in [0.1, 0.15) is 12.7 Å². The van der Waals surface area contributed by atoms with Crippen molar-refractivity contribution in [3.05, 3.63) is 65.9 Å². The van der Waals surface area contributed by atoms with Gasteiger partial charge in [0.1, 0.15) is 11.5 Å². The third kappa shape index (κ3) is 4.74. The zero-order valence-corrected chi connectivity index (χ0v) is 17.9. The van der Waals surface area contributed by atoms with E-state index in [2.05, 4.69) is 15.5 Å². The summed E-state index contributed by atoms with van der Waals surface area (Å²) < 4.78 is 13.0. The Morgan fingerprint density at radius 3 is 2.87 bits per heavy atom. The summed E-state index contributed by atoms with van der Waals surface area (Å²) in [5.41, 5.74) is 0.654. The molecule has 4 aromatic rings.